The molecule has 2 nitrogen and oxygen atoms in total. The lowest BCUT2D eigenvalue weighted by Crippen LogP contribution is -2.47. The van der Waals surface area contributed by atoms with E-state index in [-0.39, 0.29) is 24.8 Å². The highest BCUT2D eigenvalue weighted by atomic mass is 35.5. The molecule has 3 aromatic rings. The molecule has 0 unspecified atom stereocenters. The average molecular weight is 435 g/mol. The van der Waals surface area contributed by atoms with Gasteiger partial charge in [0.05, 0.1) is 6.04 Å². The molecule has 0 amide bonds. The molecule has 0 bridgehead atoms. The molecule has 2 aromatic carbocycles. The number of rotatable bonds is 5. The van der Waals surface area contributed by atoms with Gasteiger partial charge in [-0.25, -0.2) is 0 Å². The predicted octanol–water partition coefficient (Wildman–Crippen LogP) is 5.81. The quantitative estimate of drug-likeness (QED) is 0.499. The van der Waals surface area contributed by atoms with Crippen molar-refractivity contribution in [3.05, 3.63) is 93.7 Å². The van der Waals surface area contributed by atoms with Crippen LogP contribution in [0, 0.1) is 6.92 Å². The van der Waals surface area contributed by atoms with E-state index in [4.69, 9.17) is 0 Å². The summed E-state index contributed by atoms with van der Waals surface area (Å²) >= 11 is 1.89. The maximum absolute atomic E-state index is 2.64. The van der Waals surface area contributed by atoms with Crippen molar-refractivity contribution < 1.29 is 0 Å². The third-order valence-electron chi connectivity index (χ3n) is 5.34. The third-order valence-corrected chi connectivity index (χ3v) is 6.35. The van der Waals surface area contributed by atoms with Crippen LogP contribution < -0.4 is 0 Å². The fourth-order valence-electron chi connectivity index (χ4n) is 3.83. The molecular weight excluding hydrogens is 407 g/mol. The molecule has 1 fully saturated rings. The fraction of sp³-hybridized carbons (Fsp3) is 0.304. The second-order valence-electron chi connectivity index (χ2n) is 7.06. The fourth-order valence-corrected chi connectivity index (χ4v) is 4.78. The Bertz CT molecular complexity index is 775. The van der Waals surface area contributed by atoms with Crippen molar-refractivity contribution in [2.75, 3.05) is 26.2 Å². The number of halogens is 2. The molecule has 0 aliphatic carbocycles. The molecule has 150 valence electrons. The molecule has 1 aliphatic rings. The van der Waals surface area contributed by atoms with E-state index < -0.39 is 0 Å². The van der Waals surface area contributed by atoms with Gasteiger partial charge >= 0.3 is 0 Å². The molecule has 28 heavy (non-hydrogen) atoms. The van der Waals surface area contributed by atoms with Crippen molar-refractivity contribution in [2.45, 2.75) is 19.5 Å². The van der Waals surface area contributed by atoms with E-state index >= 15 is 0 Å². The van der Waals surface area contributed by atoms with Gasteiger partial charge in [-0.05, 0) is 35.1 Å². The zero-order chi connectivity index (χ0) is 17.8. The summed E-state index contributed by atoms with van der Waals surface area (Å²) in [4.78, 5) is 6.76. The number of aryl methyl sites for hydroxylation is 1. The predicted molar refractivity (Wildman–Crippen MR) is 125 cm³/mol. The summed E-state index contributed by atoms with van der Waals surface area (Å²) in [7, 11) is 0. The summed E-state index contributed by atoms with van der Waals surface area (Å²) in [6.07, 6.45) is 0. The average Bonchev–Trinajstić information content (AvgIpc) is 3.10. The number of hydrogen-bond donors (Lipinski definition) is 0. The van der Waals surface area contributed by atoms with Crippen LogP contribution in [-0.2, 0) is 6.54 Å². The SMILES string of the molecule is Cc1ccsc1CN1CCN(C(c2ccccc2)c2ccccc2)CC1.Cl.Cl. The van der Waals surface area contributed by atoms with Gasteiger partial charge in [0.2, 0.25) is 0 Å². The molecule has 1 aliphatic heterocycles. The van der Waals surface area contributed by atoms with E-state index in [9.17, 15) is 0 Å². The second-order valence-corrected chi connectivity index (χ2v) is 8.06. The maximum Gasteiger partial charge on any atom is 0.0602 e. The lowest BCUT2D eigenvalue weighted by molar-refractivity contribution is 0.105. The molecule has 4 rings (SSSR count). The summed E-state index contributed by atoms with van der Waals surface area (Å²) in [5.41, 5.74) is 4.21. The highest BCUT2D eigenvalue weighted by molar-refractivity contribution is 7.10. The van der Waals surface area contributed by atoms with Crippen LogP contribution in [0.15, 0.2) is 72.1 Å². The summed E-state index contributed by atoms with van der Waals surface area (Å²) in [6.45, 7) is 7.81. The molecule has 0 saturated carbocycles. The molecule has 2 heterocycles. The van der Waals surface area contributed by atoms with E-state index in [1.165, 1.54) is 21.6 Å². The van der Waals surface area contributed by atoms with Crippen LogP contribution in [0.2, 0.25) is 0 Å². The van der Waals surface area contributed by atoms with Gasteiger partial charge in [0, 0.05) is 37.6 Å². The Morgan fingerprint density at radius 2 is 1.32 bits per heavy atom. The zero-order valence-electron chi connectivity index (χ0n) is 16.2. The van der Waals surface area contributed by atoms with Crippen molar-refractivity contribution in [2.24, 2.45) is 0 Å². The largest absolute Gasteiger partial charge is 0.296 e. The number of thiophene rings is 1. The Balaban J connectivity index is 0.00000140. The van der Waals surface area contributed by atoms with Gasteiger partial charge in [0.1, 0.15) is 0 Å². The summed E-state index contributed by atoms with van der Waals surface area (Å²) in [5.74, 6) is 0. The van der Waals surface area contributed by atoms with Gasteiger partial charge < -0.3 is 0 Å². The van der Waals surface area contributed by atoms with Crippen LogP contribution in [0.25, 0.3) is 0 Å². The van der Waals surface area contributed by atoms with E-state index in [1.807, 2.05) is 11.3 Å². The standard InChI is InChI=1S/C23H26N2S.2ClH/c1-19-12-17-26-22(19)18-24-13-15-25(16-14-24)23(20-8-4-2-5-9-20)21-10-6-3-7-11-21;;/h2-12,17,23H,13-16,18H2,1H3;2*1H. The number of benzene rings is 2. The summed E-state index contributed by atoms with van der Waals surface area (Å²) < 4.78 is 0. The Labute approximate surface area is 185 Å². The van der Waals surface area contributed by atoms with Gasteiger partial charge in [-0.15, -0.1) is 36.2 Å². The zero-order valence-corrected chi connectivity index (χ0v) is 18.6. The van der Waals surface area contributed by atoms with Crippen LogP contribution in [0.1, 0.15) is 27.6 Å². The lowest BCUT2D eigenvalue weighted by Gasteiger charge is -2.39. The smallest absolute Gasteiger partial charge is 0.0602 e. The first-order valence-corrected chi connectivity index (χ1v) is 10.3. The van der Waals surface area contributed by atoms with Gasteiger partial charge in [-0.2, -0.15) is 0 Å². The first-order valence-electron chi connectivity index (χ1n) is 9.40. The van der Waals surface area contributed by atoms with Crippen molar-refractivity contribution >= 4 is 36.2 Å². The Morgan fingerprint density at radius 3 is 1.79 bits per heavy atom. The highest BCUT2D eigenvalue weighted by Gasteiger charge is 2.26. The normalized spacial score (nSPS) is 15.1. The molecule has 1 aromatic heterocycles. The van der Waals surface area contributed by atoms with Crippen molar-refractivity contribution in [3.8, 4) is 0 Å². The molecule has 0 N–H and O–H groups in total. The lowest BCUT2D eigenvalue weighted by atomic mass is 9.96. The van der Waals surface area contributed by atoms with Gasteiger partial charge in [0.25, 0.3) is 0 Å². The molecule has 0 radical (unpaired) electrons. The summed E-state index contributed by atoms with van der Waals surface area (Å²) in [5, 5.41) is 2.21. The van der Waals surface area contributed by atoms with Gasteiger partial charge in [-0.1, -0.05) is 60.7 Å². The number of hydrogen-bond acceptors (Lipinski definition) is 3. The number of piperazine rings is 1. The topological polar surface area (TPSA) is 6.48 Å². The van der Waals surface area contributed by atoms with Crippen molar-refractivity contribution in [1.29, 1.82) is 0 Å². The molecular formula is C23H28Cl2N2S. The Kier molecular flexibility index (Phi) is 9.00. The van der Waals surface area contributed by atoms with E-state index in [0.717, 1.165) is 32.7 Å². The molecule has 0 atom stereocenters. The Hall–Kier alpha value is -1.36. The van der Waals surface area contributed by atoms with Crippen molar-refractivity contribution in [3.63, 3.8) is 0 Å². The summed E-state index contributed by atoms with van der Waals surface area (Å²) in [6, 6.07) is 24.5. The van der Waals surface area contributed by atoms with E-state index in [1.54, 1.807) is 0 Å². The third kappa shape index (κ3) is 5.37. The minimum absolute atomic E-state index is 0. The molecule has 0 spiro atoms. The molecule has 5 heteroatoms. The van der Waals surface area contributed by atoms with E-state index in [2.05, 4.69) is 88.8 Å². The van der Waals surface area contributed by atoms with Gasteiger partial charge in [-0.3, -0.25) is 9.80 Å². The van der Waals surface area contributed by atoms with Crippen LogP contribution >= 0.6 is 36.2 Å². The first-order chi connectivity index (χ1) is 12.8. The monoisotopic (exact) mass is 434 g/mol. The minimum Gasteiger partial charge on any atom is -0.296 e. The van der Waals surface area contributed by atoms with E-state index in [0.29, 0.717) is 6.04 Å². The maximum atomic E-state index is 2.64. The van der Waals surface area contributed by atoms with Crippen LogP contribution in [0.5, 0.6) is 0 Å². The van der Waals surface area contributed by atoms with Crippen molar-refractivity contribution in [1.82, 2.24) is 9.80 Å². The van der Waals surface area contributed by atoms with Gasteiger partial charge in [0.15, 0.2) is 0 Å². The first kappa shape index (κ1) is 22.9. The van der Waals surface area contributed by atoms with Crippen LogP contribution in [0.3, 0.4) is 0 Å². The second kappa shape index (κ2) is 11.0. The highest BCUT2D eigenvalue weighted by Crippen LogP contribution is 2.30. The Morgan fingerprint density at radius 1 is 0.786 bits per heavy atom. The minimum atomic E-state index is 0. The molecule has 1 saturated heterocycles. The van der Waals surface area contributed by atoms with Crippen LogP contribution in [-0.4, -0.2) is 36.0 Å². The van der Waals surface area contributed by atoms with Crippen LogP contribution in [0.4, 0.5) is 0 Å². The number of nitrogens with zero attached hydrogens (tertiary/aromatic N) is 2.